The van der Waals surface area contributed by atoms with E-state index in [0.717, 1.165) is 0 Å². The Hall–Kier alpha value is -1.45. The Morgan fingerprint density at radius 2 is 1.70 bits per heavy atom. The molecule has 1 heterocycles. The van der Waals surface area contributed by atoms with Gasteiger partial charge in [-0.25, -0.2) is 13.4 Å². The standard InChI is InChI=1S/C18H27BFNO5S/c1-16(2,3)24-15(22)21-27(8,23)13-11-9-10-12(14(13)20)19-25-17(4,5)18(6,7)26-19/h9-11H,1-8H3/t27-/m0/s1. The molecule has 0 N–H and O–H groups in total. The zero-order chi connectivity index (χ0) is 20.8. The summed E-state index contributed by atoms with van der Waals surface area (Å²) in [5, 5.41) is 0. The molecule has 1 aliphatic rings. The summed E-state index contributed by atoms with van der Waals surface area (Å²) in [6.07, 6.45) is 0.194. The molecule has 6 nitrogen and oxygen atoms in total. The van der Waals surface area contributed by atoms with Gasteiger partial charge in [-0.15, -0.1) is 4.36 Å². The lowest BCUT2D eigenvalue weighted by Crippen LogP contribution is -2.41. The van der Waals surface area contributed by atoms with E-state index in [1.54, 1.807) is 20.8 Å². The molecule has 1 amide bonds. The number of amides is 1. The van der Waals surface area contributed by atoms with Gasteiger partial charge < -0.3 is 14.0 Å². The monoisotopic (exact) mass is 399 g/mol. The number of hydrogen-bond acceptors (Lipinski definition) is 5. The second-order valence-electron chi connectivity index (χ2n) is 8.62. The van der Waals surface area contributed by atoms with Crippen molar-refractivity contribution >= 4 is 28.4 Å². The van der Waals surface area contributed by atoms with Crippen LogP contribution in [0.4, 0.5) is 9.18 Å². The highest BCUT2D eigenvalue weighted by molar-refractivity contribution is 7.93. The molecule has 1 fully saturated rings. The number of rotatable bonds is 2. The van der Waals surface area contributed by atoms with Gasteiger partial charge in [0.15, 0.2) is 0 Å². The van der Waals surface area contributed by atoms with E-state index in [2.05, 4.69) is 4.36 Å². The summed E-state index contributed by atoms with van der Waals surface area (Å²) in [6, 6.07) is 4.37. The van der Waals surface area contributed by atoms with Gasteiger partial charge in [0.05, 0.1) is 25.8 Å². The lowest BCUT2D eigenvalue weighted by Gasteiger charge is -2.32. The Kier molecular flexibility index (Phi) is 5.55. The summed E-state index contributed by atoms with van der Waals surface area (Å²) in [7, 11) is -4.31. The van der Waals surface area contributed by atoms with Crippen LogP contribution in [0.25, 0.3) is 0 Å². The van der Waals surface area contributed by atoms with Crippen molar-refractivity contribution in [3.63, 3.8) is 0 Å². The molecule has 1 aromatic carbocycles. The van der Waals surface area contributed by atoms with E-state index in [1.807, 2.05) is 27.7 Å². The SMILES string of the molecule is CC(C)(C)OC(=O)N=[S@@](C)(=O)c1cccc(B2OC(C)(C)C(C)(C)O2)c1F. The van der Waals surface area contributed by atoms with Crippen LogP contribution in [0.15, 0.2) is 27.5 Å². The molecular weight excluding hydrogens is 372 g/mol. The van der Waals surface area contributed by atoms with Gasteiger partial charge in [0.25, 0.3) is 0 Å². The Balaban J connectivity index is 2.43. The zero-order valence-electron chi connectivity index (χ0n) is 17.1. The number of nitrogens with zero attached hydrogens (tertiary/aromatic N) is 1. The molecule has 1 atom stereocenters. The molecular formula is C18H27BFNO5S. The predicted molar refractivity (Wildman–Crippen MR) is 103 cm³/mol. The fourth-order valence-corrected chi connectivity index (χ4v) is 3.65. The molecule has 1 saturated heterocycles. The summed E-state index contributed by atoms with van der Waals surface area (Å²) in [4.78, 5) is 11.7. The number of carbonyl (C=O) groups excluding carboxylic acids is 1. The van der Waals surface area contributed by atoms with E-state index in [-0.39, 0.29) is 10.4 Å². The van der Waals surface area contributed by atoms with Crippen molar-refractivity contribution in [2.24, 2.45) is 4.36 Å². The number of benzene rings is 1. The van der Waals surface area contributed by atoms with E-state index in [0.29, 0.717) is 0 Å². The first-order valence-electron chi connectivity index (χ1n) is 8.65. The highest BCUT2D eigenvalue weighted by atomic mass is 32.2. The average Bonchev–Trinajstić information content (AvgIpc) is 2.64. The molecule has 1 aromatic rings. The minimum atomic E-state index is -3.36. The van der Waals surface area contributed by atoms with Crippen LogP contribution in [0.1, 0.15) is 48.5 Å². The zero-order valence-corrected chi connectivity index (χ0v) is 17.9. The van der Waals surface area contributed by atoms with Gasteiger partial charge in [-0.1, -0.05) is 12.1 Å². The second kappa shape index (κ2) is 6.86. The second-order valence-corrected chi connectivity index (χ2v) is 10.8. The van der Waals surface area contributed by atoms with Crippen LogP contribution >= 0.6 is 0 Å². The number of ether oxygens (including phenoxy) is 1. The summed E-state index contributed by atoms with van der Waals surface area (Å²) >= 11 is 0. The van der Waals surface area contributed by atoms with Crippen molar-refractivity contribution in [1.29, 1.82) is 0 Å². The van der Waals surface area contributed by atoms with Crippen molar-refractivity contribution in [3.8, 4) is 0 Å². The third-order valence-corrected chi connectivity index (χ3v) is 6.18. The predicted octanol–water partition coefficient (Wildman–Crippen LogP) is 3.52. The van der Waals surface area contributed by atoms with E-state index in [1.165, 1.54) is 24.5 Å². The Morgan fingerprint density at radius 1 is 1.19 bits per heavy atom. The summed E-state index contributed by atoms with van der Waals surface area (Å²) in [6.45, 7) is 12.4. The Labute approximate surface area is 161 Å². The molecule has 1 aliphatic heterocycles. The fraction of sp³-hybridized carbons (Fsp3) is 0.611. The first kappa shape index (κ1) is 21.9. The topological polar surface area (TPSA) is 74.2 Å². The van der Waals surface area contributed by atoms with Crippen LogP contribution < -0.4 is 5.46 Å². The van der Waals surface area contributed by atoms with Gasteiger partial charge >= 0.3 is 13.2 Å². The van der Waals surface area contributed by atoms with Crippen LogP contribution in [0.5, 0.6) is 0 Å². The Morgan fingerprint density at radius 3 is 2.19 bits per heavy atom. The van der Waals surface area contributed by atoms with Crippen molar-refractivity contribution in [1.82, 2.24) is 0 Å². The molecule has 27 heavy (non-hydrogen) atoms. The molecule has 0 saturated carbocycles. The summed E-state index contributed by atoms with van der Waals surface area (Å²) in [5.41, 5.74) is -1.97. The van der Waals surface area contributed by atoms with Gasteiger partial charge in [0.2, 0.25) is 0 Å². The summed E-state index contributed by atoms with van der Waals surface area (Å²) in [5.74, 6) is -0.768. The fourth-order valence-electron chi connectivity index (χ4n) is 2.44. The molecule has 0 bridgehead atoms. The minimum Gasteiger partial charge on any atom is -0.442 e. The highest BCUT2D eigenvalue weighted by Crippen LogP contribution is 2.36. The Bertz CT molecular complexity index is 853. The van der Waals surface area contributed by atoms with E-state index < -0.39 is 45.6 Å². The highest BCUT2D eigenvalue weighted by Gasteiger charge is 2.52. The molecule has 0 unspecified atom stereocenters. The van der Waals surface area contributed by atoms with Crippen molar-refractivity contribution in [2.75, 3.05) is 6.26 Å². The normalized spacial score (nSPS) is 20.9. The summed E-state index contributed by atoms with van der Waals surface area (Å²) < 4.78 is 48.5. The molecule has 9 heteroatoms. The van der Waals surface area contributed by atoms with Crippen LogP contribution in [0.2, 0.25) is 0 Å². The van der Waals surface area contributed by atoms with Crippen molar-refractivity contribution in [3.05, 3.63) is 24.0 Å². The van der Waals surface area contributed by atoms with Crippen molar-refractivity contribution < 1.29 is 27.4 Å². The van der Waals surface area contributed by atoms with Crippen molar-refractivity contribution in [2.45, 2.75) is 70.2 Å². The molecule has 0 radical (unpaired) electrons. The van der Waals surface area contributed by atoms with Crippen LogP contribution in [0.3, 0.4) is 0 Å². The van der Waals surface area contributed by atoms with E-state index >= 15 is 4.39 Å². The third-order valence-electron chi connectivity index (χ3n) is 4.55. The van der Waals surface area contributed by atoms with E-state index in [9.17, 15) is 9.00 Å². The molecule has 2 rings (SSSR count). The van der Waals surface area contributed by atoms with Crippen LogP contribution in [-0.4, -0.2) is 40.5 Å². The average molecular weight is 399 g/mol. The molecule has 0 aromatic heterocycles. The maximum Gasteiger partial charge on any atom is 0.497 e. The molecule has 0 aliphatic carbocycles. The smallest absolute Gasteiger partial charge is 0.442 e. The van der Waals surface area contributed by atoms with Gasteiger partial charge in [-0.2, -0.15) is 0 Å². The van der Waals surface area contributed by atoms with Gasteiger partial charge in [-0.05, 0) is 54.5 Å². The first-order valence-corrected chi connectivity index (χ1v) is 10.6. The third kappa shape index (κ3) is 4.70. The largest absolute Gasteiger partial charge is 0.497 e. The first-order chi connectivity index (χ1) is 12.1. The van der Waals surface area contributed by atoms with Gasteiger partial charge in [-0.3, -0.25) is 0 Å². The van der Waals surface area contributed by atoms with E-state index in [4.69, 9.17) is 14.0 Å². The molecule has 150 valence electrons. The maximum absolute atomic E-state index is 15.2. The number of carbonyl (C=O) groups is 1. The van der Waals surface area contributed by atoms with Gasteiger partial charge in [0, 0.05) is 11.7 Å². The minimum absolute atomic E-state index is 0.111. The van der Waals surface area contributed by atoms with Gasteiger partial charge in [0.1, 0.15) is 11.4 Å². The van der Waals surface area contributed by atoms with Crippen LogP contribution in [-0.2, 0) is 23.8 Å². The lowest BCUT2D eigenvalue weighted by atomic mass is 9.79. The van der Waals surface area contributed by atoms with Crippen LogP contribution in [0, 0.1) is 5.82 Å². The maximum atomic E-state index is 15.2. The lowest BCUT2D eigenvalue weighted by molar-refractivity contribution is 0.00578. The number of hydrogen-bond donors (Lipinski definition) is 0. The number of halogens is 1. The molecule has 0 spiro atoms. The quantitative estimate of drug-likeness (QED) is 0.712.